The van der Waals surface area contributed by atoms with Crippen molar-refractivity contribution in [2.45, 2.75) is 336 Å². The third-order valence-electron chi connectivity index (χ3n) is 15.4. The number of carbonyl (C=O) groups is 3. The molecular formula is C65H126N2O5. The Morgan fingerprint density at radius 3 is 1.22 bits per heavy atom. The topological polar surface area (TPSA) is 76.1 Å². The molecule has 0 aliphatic heterocycles. The van der Waals surface area contributed by atoms with Gasteiger partial charge in [-0.25, -0.2) is 4.79 Å². The highest BCUT2D eigenvalue weighted by molar-refractivity contribution is 5.81. The van der Waals surface area contributed by atoms with Crippen LogP contribution in [-0.4, -0.2) is 74.1 Å². The molecule has 0 saturated heterocycles. The van der Waals surface area contributed by atoms with E-state index in [9.17, 15) is 14.4 Å². The monoisotopic (exact) mass is 1010 g/mol. The quantitative estimate of drug-likeness (QED) is 0.0343. The lowest BCUT2D eigenvalue weighted by molar-refractivity contribution is -0.145. The Kier molecular flexibility index (Phi) is 53.9. The fourth-order valence-corrected chi connectivity index (χ4v) is 10.5. The van der Waals surface area contributed by atoms with Crippen molar-refractivity contribution in [3.8, 4) is 0 Å². The van der Waals surface area contributed by atoms with Gasteiger partial charge in [-0.1, -0.05) is 246 Å². The minimum atomic E-state index is -0.189. The van der Waals surface area contributed by atoms with Gasteiger partial charge in [0.15, 0.2) is 0 Å². The summed E-state index contributed by atoms with van der Waals surface area (Å²) in [6.07, 6.45) is 57.9. The molecule has 0 aromatic rings. The number of amides is 1. The van der Waals surface area contributed by atoms with Crippen molar-refractivity contribution in [2.24, 2.45) is 11.8 Å². The highest BCUT2D eigenvalue weighted by Gasteiger charge is 2.23. The second kappa shape index (κ2) is 55.3. The first kappa shape index (κ1) is 70.1. The van der Waals surface area contributed by atoms with Crippen molar-refractivity contribution >= 4 is 17.8 Å². The number of hydrogen-bond donors (Lipinski definition) is 0. The smallest absolute Gasteiger partial charge is 0.330 e. The maximum absolute atomic E-state index is 14.1. The highest BCUT2D eigenvalue weighted by atomic mass is 16.5. The van der Waals surface area contributed by atoms with E-state index >= 15 is 0 Å². The van der Waals surface area contributed by atoms with Crippen molar-refractivity contribution in [2.75, 3.05) is 40.4 Å². The molecule has 0 rings (SSSR count). The third kappa shape index (κ3) is 47.8. The van der Waals surface area contributed by atoms with Gasteiger partial charge in [0.05, 0.1) is 13.2 Å². The van der Waals surface area contributed by atoms with Gasteiger partial charge in [-0.05, 0) is 110 Å². The van der Waals surface area contributed by atoms with Crippen LogP contribution < -0.4 is 0 Å². The van der Waals surface area contributed by atoms with Crippen molar-refractivity contribution in [1.82, 2.24) is 9.80 Å². The predicted molar refractivity (Wildman–Crippen MR) is 313 cm³/mol. The summed E-state index contributed by atoms with van der Waals surface area (Å²) in [6, 6.07) is 0.271. The van der Waals surface area contributed by atoms with Gasteiger partial charge in [-0.3, -0.25) is 9.59 Å². The average molecular weight is 1020 g/mol. The third-order valence-corrected chi connectivity index (χ3v) is 15.4. The molecule has 426 valence electrons. The van der Waals surface area contributed by atoms with Gasteiger partial charge in [-0.2, -0.15) is 0 Å². The molecule has 0 spiro atoms. The van der Waals surface area contributed by atoms with E-state index in [1.165, 1.54) is 205 Å². The number of ether oxygens (including phenoxy) is 2. The number of hydrogen-bond acceptors (Lipinski definition) is 6. The van der Waals surface area contributed by atoms with Gasteiger partial charge in [0, 0.05) is 31.5 Å². The fraction of sp³-hybridized carbons (Fsp3) is 0.923. The fourth-order valence-electron chi connectivity index (χ4n) is 10.5. The molecule has 0 aliphatic rings. The second-order valence-electron chi connectivity index (χ2n) is 22.8. The Balaban J connectivity index is 5.35. The molecule has 0 aromatic heterocycles. The van der Waals surface area contributed by atoms with Gasteiger partial charge in [0.2, 0.25) is 5.91 Å². The summed E-state index contributed by atoms with van der Waals surface area (Å²) < 4.78 is 11.7. The molecule has 0 aliphatic carbocycles. The van der Waals surface area contributed by atoms with E-state index in [4.69, 9.17) is 9.47 Å². The van der Waals surface area contributed by atoms with Crippen LogP contribution in [0, 0.1) is 11.8 Å². The molecule has 0 bridgehead atoms. The van der Waals surface area contributed by atoms with Crippen LogP contribution in [0.3, 0.4) is 0 Å². The molecule has 0 saturated carbocycles. The molecule has 3 atom stereocenters. The summed E-state index contributed by atoms with van der Waals surface area (Å²) in [7, 11) is 4.23. The molecule has 72 heavy (non-hydrogen) atoms. The summed E-state index contributed by atoms with van der Waals surface area (Å²) in [4.78, 5) is 44.4. The summed E-state index contributed by atoms with van der Waals surface area (Å²) in [6.45, 7) is 14.4. The van der Waals surface area contributed by atoms with Gasteiger partial charge in [0.25, 0.3) is 0 Å². The first-order valence-electron chi connectivity index (χ1n) is 32.1. The number of allylic oxidation sites excluding steroid dienone is 1. The zero-order valence-corrected chi connectivity index (χ0v) is 49.7. The zero-order chi connectivity index (χ0) is 52.8. The first-order chi connectivity index (χ1) is 35.2. The standard InChI is InChI=1S/C65H126N2O5/c1-8-13-18-23-26-27-31-40-51-62(52-41-33-34-43-55-65(70)72-59-61(48-37-22-17-12-5)50-39-30-25-20-15-10-3)67(63(68)53-44-46-56-66(6)7)57-45-35-28-32-42-54-64(69)71-58-60(47-36-21-16-11-4)49-38-29-24-19-14-9-2/h43,55,60-62H,8-42,44-54,56-59H2,1-7H3. The van der Waals surface area contributed by atoms with Crippen LogP contribution in [0.4, 0.5) is 0 Å². The minimum absolute atomic E-state index is 0.0162. The maximum atomic E-state index is 14.1. The van der Waals surface area contributed by atoms with E-state index in [0.717, 1.165) is 90.1 Å². The van der Waals surface area contributed by atoms with Gasteiger partial charge < -0.3 is 19.3 Å². The Morgan fingerprint density at radius 2 is 0.750 bits per heavy atom. The summed E-state index contributed by atoms with van der Waals surface area (Å²) in [5, 5.41) is 0. The Labute approximate surface area is 450 Å². The largest absolute Gasteiger partial charge is 0.465 e. The van der Waals surface area contributed by atoms with Crippen molar-refractivity contribution in [3.63, 3.8) is 0 Å². The number of carbonyl (C=O) groups excluding carboxylic acids is 3. The van der Waals surface area contributed by atoms with Crippen LogP contribution in [-0.2, 0) is 23.9 Å². The molecule has 3 unspecified atom stereocenters. The van der Waals surface area contributed by atoms with Gasteiger partial charge in [-0.15, -0.1) is 0 Å². The van der Waals surface area contributed by atoms with E-state index in [0.29, 0.717) is 43.8 Å². The molecule has 0 N–H and O–H groups in total. The van der Waals surface area contributed by atoms with E-state index in [-0.39, 0.29) is 18.0 Å². The average Bonchev–Trinajstić information content (AvgIpc) is 3.37. The Morgan fingerprint density at radius 1 is 0.389 bits per heavy atom. The lowest BCUT2D eigenvalue weighted by atomic mass is 9.95. The van der Waals surface area contributed by atoms with Crippen molar-refractivity contribution < 1.29 is 23.9 Å². The Hall–Kier alpha value is -1.89. The van der Waals surface area contributed by atoms with Crippen LogP contribution >= 0.6 is 0 Å². The molecule has 0 fully saturated rings. The summed E-state index contributed by atoms with van der Waals surface area (Å²) >= 11 is 0. The number of unbranched alkanes of at least 4 members (excludes halogenated alkanes) is 30. The lowest BCUT2D eigenvalue weighted by Crippen LogP contribution is -2.41. The van der Waals surface area contributed by atoms with E-state index in [1.807, 2.05) is 6.08 Å². The highest BCUT2D eigenvalue weighted by Crippen LogP contribution is 2.24. The number of nitrogens with zero attached hydrogens (tertiary/aromatic N) is 2. The number of rotatable bonds is 57. The van der Waals surface area contributed by atoms with Crippen LogP contribution in [0.25, 0.3) is 0 Å². The molecular weight excluding hydrogens is 889 g/mol. The van der Waals surface area contributed by atoms with Crippen molar-refractivity contribution in [3.05, 3.63) is 12.2 Å². The summed E-state index contributed by atoms with van der Waals surface area (Å²) in [5.74, 6) is 1.12. The first-order valence-corrected chi connectivity index (χ1v) is 32.1. The van der Waals surface area contributed by atoms with E-state index < -0.39 is 0 Å². The molecule has 0 heterocycles. The number of esters is 2. The van der Waals surface area contributed by atoms with Crippen LogP contribution in [0.1, 0.15) is 330 Å². The van der Waals surface area contributed by atoms with E-state index in [1.54, 1.807) is 6.08 Å². The van der Waals surface area contributed by atoms with E-state index in [2.05, 4.69) is 58.5 Å². The molecule has 0 radical (unpaired) electrons. The normalized spacial score (nSPS) is 13.0. The maximum Gasteiger partial charge on any atom is 0.330 e. The zero-order valence-electron chi connectivity index (χ0n) is 49.7. The van der Waals surface area contributed by atoms with Crippen LogP contribution in [0.15, 0.2) is 12.2 Å². The predicted octanol–water partition coefficient (Wildman–Crippen LogP) is 19.7. The molecule has 1 amide bonds. The molecule has 7 nitrogen and oxygen atoms in total. The molecule has 7 heteroatoms. The second-order valence-corrected chi connectivity index (χ2v) is 22.8. The molecule has 0 aromatic carbocycles. The lowest BCUT2D eigenvalue weighted by Gasteiger charge is -2.33. The Bertz CT molecular complexity index is 1190. The SMILES string of the molecule is CCCCCCCCCCC(CCCCC=CC(=O)OCC(CCCCCC)CCCCCCCC)N(CCCCCCCC(=O)OCC(CCCCCC)CCCCCCCC)C(=O)CCCCN(C)C. The van der Waals surface area contributed by atoms with Gasteiger partial charge >= 0.3 is 11.9 Å². The minimum Gasteiger partial charge on any atom is -0.465 e. The van der Waals surface area contributed by atoms with Gasteiger partial charge in [0.1, 0.15) is 0 Å². The van der Waals surface area contributed by atoms with Crippen molar-refractivity contribution in [1.29, 1.82) is 0 Å². The van der Waals surface area contributed by atoms with Crippen LogP contribution in [0.2, 0.25) is 0 Å². The van der Waals surface area contributed by atoms with Crippen LogP contribution in [0.5, 0.6) is 0 Å². The summed E-state index contributed by atoms with van der Waals surface area (Å²) in [5.41, 5.74) is 0.